The van der Waals surface area contributed by atoms with Crippen molar-refractivity contribution in [1.29, 1.82) is 0 Å². The second kappa shape index (κ2) is 14.9. The molecule has 0 saturated carbocycles. The minimum absolute atomic E-state index is 0. The van der Waals surface area contributed by atoms with Crippen LogP contribution in [-0.4, -0.2) is 21.5 Å². The Hall–Kier alpha value is -6.04. The summed E-state index contributed by atoms with van der Waals surface area (Å²) in [5.74, 6) is -0.393. The molecular weight excluding hydrogens is 699 g/mol. The molecule has 0 atom stereocenters. The van der Waals surface area contributed by atoms with Crippen LogP contribution in [0.4, 0.5) is 0 Å². The van der Waals surface area contributed by atoms with E-state index in [1.165, 1.54) is 6.08 Å². The summed E-state index contributed by atoms with van der Waals surface area (Å²) >= 11 is 0. The van der Waals surface area contributed by atoms with Crippen LogP contribution in [0.25, 0.3) is 79.8 Å². The van der Waals surface area contributed by atoms with Crippen molar-refractivity contribution in [2.24, 2.45) is 0 Å². The maximum absolute atomic E-state index is 12.7. The largest absolute Gasteiger partial charge is 2.00 e. The SMILES string of the molecule is CC(C)(C)OC(=O)/C=C/Cc1c2nc(c(-c3ccccc3)c3ccc([n-]3)c(-c3ccccc3)c3nc(c(-c4ccccc4)c4ccc1[n-]4)C=C3)C=C2.[Ni+2]. The Kier molecular flexibility index (Phi) is 9.95. The van der Waals surface area contributed by atoms with Crippen molar-refractivity contribution in [2.45, 2.75) is 32.8 Å². The fourth-order valence-electron chi connectivity index (χ4n) is 6.66. The van der Waals surface area contributed by atoms with Crippen LogP contribution >= 0.6 is 0 Å². The molecule has 5 heterocycles. The van der Waals surface area contributed by atoms with E-state index in [2.05, 4.69) is 60.7 Å². The number of carbonyl (C=O) groups is 1. The number of nitrogens with zero attached hydrogens (tertiary/aromatic N) is 4. The zero-order valence-electron chi connectivity index (χ0n) is 29.6. The van der Waals surface area contributed by atoms with Crippen LogP contribution in [0.3, 0.4) is 0 Å². The fourth-order valence-corrected chi connectivity index (χ4v) is 6.66. The van der Waals surface area contributed by atoms with Crippen molar-refractivity contribution in [2.75, 3.05) is 0 Å². The number of esters is 1. The van der Waals surface area contributed by atoms with E-state index in [0.717, 1.165) is 83.8 Å². The van der Waals surface area contributed by atoms with Crippen molar-refractivity contribution in [3.05, 3.63) is 156 Å². The molecule has 0 N–H and O–H groups in total. The number of allylic oxidation sites excluding steroid dienone is 1. The van der Waals surface area contributed by atoms with Gasteiger partial charge in [0.15, 0.2) is 0 Å². The summed E-state index contributed by atoms with van der Waals surface area (Å²) < 4.78 is 5.54. The van der Waals surface area contributed by atoms with Crippen molar-refractivity contribution < 1.29 is 26.0 Å². The van der Waals surface area contributed by atoms with Gasteiger partial charge in [0.25, 0.3) is 0 Å². The summed E-state index contributed by atoms with van der Waals surface area (Å²) in [5.41, 5.74) is 12.6. The van der Waals surface area contributed by atoms with Gasteiger partial charge in [-0.15, -0.1) is 22.1 Å². The van der Waals surface area contributed by atoms with Crippen molar-refractivity contribution in [3.8, 4) is 33.4 Å². The molecule has 0 fully saturated rings. The van der Waals surface area contributed by atoms with Crippen molar-refractivity contribution in [1.82, 2.24) is 19.9 Å². The Morgan fingerprint density at radius 3 is 1.38 bits per heavy atom. The molecule has 53 heavy (non-hydrogen) atoms. The summed E-state index contributed by atoms with van der Waals surface area (Å²) in [6.45, 7) is 5.58. The molecule has 2 aliphatic heterocycles. The number of hydrogen-bond donors (Lipinski definition) is 0. The maximum atomic E-state index is 12.7. The van der Waals surface area contributed by atoms with Gasteiger partial charge in [-0.05, 0) is 90.4 Å². The first-order valence-corrected chi connectivity index (χ1v) is 17.4. The predicted molar refractivity (Wildman–Crippen MR) is 212 cm³/mol. The van der Waals surface area contributed by atoms with Crippen LogP contribution in [0.2, 0.25) is 0 Å². The van der Waals surface area contributed by atoms with E-state index < -0.39 is 11.6 Å². The molecule has 3 aromatic heterocycles. The van der Waals surface area contributed by atoms with Gasteiger partial charge in [-0.3, -0.25) is 0 Å². The second-order valence-electron chi connectivity index (χ2n) is 13.7. The molecule has 3 aromatic carbocycles. The first-order valence-electron chi connectivity index (χ1n) is 17.4. The number of rotatable bonds is 6. The van der Waals surface area contributed by atoms with E-state index in [1.54, 1.807) is 0 Å². The summed E-state index contributed by atoms with van der Waals surface area (Å²) in [6, 6.07) is 39.0. The smallest absolute Gasteiger partial charge is 0.657 e. The molecule has 8 rings (SSSR count). The Bertz CT molecular complexity index is 2520. The molecule has 2 aliphatic rings. The van der Waals surface area contributed by atoms with Crippen LogP contribution in [-0.2, 0) is 32.4 Å². The third-order valence-corrected chi connectivity index (χ3v) is 8.89. The number of carbonyl (C=O) groups excluding carboxylic acids is 1. The second-order valence-corrected chi connectivity index (χ2v) is 13.7. The number of benzene rings is 3. The minimum atomic E-state index is -0.586. The van der Waals surface area contributed by atoms with E-state index in [-0.39, 0.29) is 16.5 Å². The van der Waals surface area contributed by atoms with Gasteiger partial charge in [0, 0.05) is 6.08 Å². The van der Waals surface area contributed by atoms with Gasteiger partial charge in [0.05, 0.1) is 22.8 Å². The third kappa shape index (κ3) is 7.48. The third-order valence-electron chi connectivity index (χ3n) is 8.89. The standard InChI is InChI=1S/C46H36N4O2.Ni/c1-46(2,3)52-42(51)21-13-20-33-34-22-24-36(47-34)43(30-14-7-4-8-15-30)38-26-28-40(49-38)45(32-18-11-6-12-19-32)41-29-27-39(50-41)44(31-16-9-5-10-17-31)37-25-23-35(33)48-37;/h4-19,21-29H,20H2,1-3H3;/q-2;+2/b21-13+,34-33?,35-33?,43-36?,43-38?,44-37?,44-39?,45-40?,45-41?;. The molecule has 0 amide bonds. The molecule has 0 spiro atoms. The number of aromatic nitrogens is 4. The van der Waals surface area contributed by atoms with Gasteiger partial charge < -0.3 is 14.7 Å². The summed E-state index contributed by atoms with van der Waals surface area (Å²) in [6.07, 6.45) is 11.9. The fraction of sp³-hybridized carbons (Fsp3) is 0.109. The summed E-state index contributed by atoms with van der Waals surface area (Å²) in [5, 5.41) is 0. The first-order chi connectivity index (χ1) is 25.3. The van der Waals surface area contributed by atoms with Gasteiger partial charge in [-0.1, -0.05) is 121 Å². The topological polar surface area (TPSA) is 80.3 Å². The average molecular weight is 736 g/mol. The molecule has 6 nitrogen and oxygen atoms in total. The molecule has 0 saturated heterocycles. The molecule has 6 aromatic rings. The summed E-state index contributed by atoms with van der Waals surface area (Å²) in [7, 11) is 0. The Labute approximate surface area is 319 Å². The van der Waals surface area contributed by atoms with Gasteiger partial charge in [0.1, 0.15) is 5.60 Å². The molecule has 262 valence electrons. The van der Waals surface area contributed by atoms with E-state index in [0.29, 0.717) is 6.42 Å². The van der Waals surface area contributed by atoms with Crippen LogP contribution in [0.5, 0.6) is 0 Å². The van der Waals surface area contributed by atoms with Gasteiger partial charge in [0.2, 0.25) is 0 Å². The van der Waals surface area contributed by atoms with E-state index in [1.807, 2.05) is 106 Å². The molecule has 0 aliphatic carbocycles. The van der Waals surface area contributed by atoms with Crippen molar-refractivity contribution in [3.63, 3.8) is 0 Å². The molecule has 7 heteroatoms. The van der Waals surface area contributed by atoms with Crippen LogP contribution in [0, 0.1) is 0 Å². The Morgan fingerprint density at radius 2 is 0.943 bits per heavy atom. The van der Waals surface area contributed by atoms with Crippen LogP contribution in [0.15, 0.2) is 127 Å². The number of hydrogen-bond acceptors (Lipinski definition) is 4. The number of fused-ring (bicyclic) bond motifs is 8. The van der Waals surface area contributed by atoms with Gasteiger partial charge in [-0.2, -0.15) is 0 Å². The normalized spacial score (nSPS) is 12.2. The van der Waals surface area contributed by atoms with Gasteiger partial charge >= 0.3 is 22.5 Å². The predicted octanol–water partition coefficient (Wildman–Crippen LogP) is 10.4. The van der Waals surface area contributed by atoms with Crippen LogP contribution in [0.1, 0.15) is 49.1 Å². The maximum Gasteiger partial charge on any atom is 2.00 e. The molecule has 0 radical (unpaired) electrons. The van der Waals surface area contributed by atoms with E-state index in [9.17, 15) is 4.79 Å². The number of ether oxygens (including phenoxy) is 1. The van der Waals surface area contributed by atoms with Crippen LogP contribution < -0.4 is 9.97 Å². The Morgan fingerprint density at radius 1 is 0.566 bits per heavy atom. The van der Waals surface area contributed by atoms with E-state index >= 15 is 0 Å². The molecule has 8 bridgehead atoms. The first kappa shape index (κ1) is 35.4. The average Bonchev–Trinajstić information content (AvgIpc) is 3.98. The summed E-state index contributed by atoms with van der Waals surface area (Å²) in [4.78, 5) is 33.7. The Balaban J connectivity index is 0.00000435. The quantitative estimate of drug-likeness (QED) is 0.0961. The monoisotopic (exact) mass is 734 g/mol. The van der Waals surface area contributed by atoms with Crippen molar-refractivity contribution >= 4 is 52.3 Å². The zero-order valence-corrected chi connectivity index (χ0v) is 30.6. The van der Waals surface area contributed by atoms with Gasteiger partial charge in [-0.25, -0.2) is 14.8 Å². The molecule has 0 unspecified atom stereocenters. The van der Waals surface area contributed by atoms with E-state index in [4.69, 9.17) is 24.7 Å². The molecular formula is C46H36N4NiO2. The minimum Gasteiger partial charge on any atom is -0.657 e. The zero-order chi connectivity index (χ0) is 35.7.